The lowest BCUT2D eigenvalue weighted by Crippen LogP contribution is -2.33. The second-order valence-electron chi connectivity index (χ2n) is 6.92. The van der Waals surface area contributed by atoms with Gasteiger partial charge in [0.1, 0.15) is 17.4 Å². The summed E-state index contributed by atoms with van der Waals surface area (Å²) in [6.07, 6.45) is 0. The average Bonchev–Trinajstić information content (AvgIpc) is 2.71. The molecule has 144 valence electrons. The Morgan fingerprint density at radius 1 is 1.17 bits per heavy atom. The Hall–Kier alpha value is -3.30. The van der Waals surface area contributed by atoms with E-state index in [1.54, 1.807) is 4.57 Å². The molecule has 0 amide bonds. The molecule has 0 spiro atoms. The van der Waals surface area contributed by atoms with Crippen LogP contribution in [-0.2, 0) is 6.54 Å². The van der Waals surface area contributed by atoms with Crippen molar-refractivity contribution in [3.63, 3.8) is 0 Å². The number of fused-ring (bicyclic) bond motifs is 1. The van der Waals surface area contributed by atoms with Gasteiger partial charge in [0.15, 0.2) is 0 Å². The standard InChI is InChI=1S/C23H18BrN3O2/c1-14-11-19-21(23(28)27(14)13-15-5-3-2-4-6-15)20(18(12-25)22(26)29-19)16-7-9-17(24)10-8-16/h2-11,20H,13,26H2,1H3/t20-/m0/s1. The maximum atomic E-state index is 13.6. The van der Waals surface area contributed by atoms with Crippen LogP contribution in [0.2, 0.25) is 0 Å². The number of allylic oxidation sites excluding steroid dienone is 1. The van der Waals surface area contributed by atoms with Crippen LogP contribution >= 0.6 is 15.9 Å². The van der Waals surface area contributed by atoms with Gasteiger partial charge in [0.05, 0.1) is 18.0 Å². The zero-order valence-corrected chi connectivity index (χ0v) is 17.3. The molecule has 29 heavy (non-hydrogen) atoms. The molecule has 1 aliphatic heterocycles. The Morgan fingerprint density at radius 2 is 1.86 bits per heavy atom. The Kier molecular flexibility index (Phi) is 4.99. The van der Waals surface area contributed by atoms with Crippen LogP contribution in [0.15, 0.2) is 81.4 Å². The largest absolute Gasteiger partial charge is 0.440 e. The van der Waals surface area contributed by atoms with Crippen LogP contribution in [0.1, 0.15) is 28.3 Å². The van der Waals surface area contributed by atoms with Gasteiger partial charge in [-0.3, -0.25) is 4.79 Å². The number of nitrogens with zero attached hydrogens (tertiary/aromatic N) is 2. The lowest BCUT2D eigenvalue weighted by Gasteiger charge is -2.27. The minimum atomic E-state index is -0.577. The van der Waals surface area contributed by atoms with Crippen molar-refractivity contribution in [3.05, 3.63) is 109 Å². The van der Waals surface area contributed by atoms with E-state index in [1.165, 1.54) is 0 Å². The Balaban J connectivity index is 1.92. The monoisotopic (exact) mass is 447 g/mol. The first-order valence-electron chi connectivity index (χ1n) is 9.11. The lowest BCUT2D eigenvalue weighted by atomic mass is 9.84. The molecule has 1 aromatic heterocycles. The highest BCUT2D eigenvalue weighted by molar-refractivity contribution is 9.10. The smallest absolute Gasteiger partial charge is 0.259 e. The molecule has 2 N–H and O–H groups in total. The van der Waals surface area contributed by atoms with Crippen LogP contribution < -0.4 is 16.0 Å². The maximum Gasteiger partial charge on any atom is 0.259 e. The van der Waals surface area contributed by atoms with E-state index < -0.39 is 5.92 Å². The zero-order chi connectivity index (χ0) is 20.5. The summed E-state index contributed by atoms with van der Waals surface area (Å²) in [6, 6.07) is 21.3. The number of aryl methyl sites for hydroxylation is 1. The van der Waals surface area contributed by atoms with Gasteiger partial charge < -0.3 is 15.0 Å². The summed E-state index contributed by atoms with van der Waals surface area (Å²) in [7, 11) is 0. The number of nitriles is 1. The number of hydrogen-bond acceptors (Lipinski definition) is 4. The summed E-state index contributed by atoms with van der Waals surface area (Å²) < 4.78 is 8.31. The third-order valence-electron chi connectivity index (χ3n) is 5.08. The van der Waals surface area contributed by atoms with E-state index in [0.29, 0.717) is 17.9 Å². The van der Waals surface area contributed by atoms with Gasteiger partial charge in [-0.1, -0.05) is 58.4 Å². The normalized spacial score (nSPS) is 15.4. The Bertz CT molecular complexity index is 1210. The first-order chi connectivity index (χ1) is 14.0. The summed E-state index contributed by atoms with van der Waals surface area (Å²) in [5.74, 6) is -0.138. The minimum absolute atomic E-state index is 0.0347. The van der Waals surface area contributed by atoms with Crippen molar-refractivity contribution in [2.75, 3.05) is 0 Å². The molecule has 6 heteroatoms. The van der Waals surface area contributed by atoms with Gasteiger partial charge >= 0.3 is 0 Å². The molecule has 0 bridgehead atoms. The number of ether oxygens (including phenoxy) is 1. The lowest BCUT2D eigenvalue weighted by molar-refractivity contribution is 0.389. The molecule has 0 saturated carbocycles. The fourth-order valence-corrected chi connectivity index (χ4v) is 3.90. The second-order valence-corrected chi connectivity index (χ2v) is 7.83. The summed E-state index contributed by atoms with van der Waals surface area (Å²) >= 11 is 3.43. The fourth-order valence-electron chi connectivity index (χ4n) is 3.64. The first-order valence-corrected chi connectivity index (χ1v) is 9.90. The number of nitrogens with two attached hydrogens (primary N) is 1. The molecule has 0 saturated heterocycles. The predicted molar refractivity (Wildman–Crippen MR) is 114 cm³/mol. The average molecular weight is 448 g/mol. The molecule has 1 atom stereocenters. The summed E-state index contributed by atoms with van der Waals surface area (Å²) in [6.45, 7) is 2.30. The third-order valence-corrected chi connectivity index (χ3v) is 5.61. The van der Waals surface area contributed by atoms with Gasteiger partial charge in [0.25, 0.3) is 5.56 Å². The number of pyridine rings is 1. The molecule has 5 nitrogen and oxygen atoms in total. The van der Waals surface area contributed by atoms with E-state index in [1.807, 2.05) is 67.6 Å². The van der Waals surface area contributed by atoms with Crippen LogP contribution in [-0.4, -0.2) is 4.57 Å². The Morgan fingerprint density at radius 3 is 2.52 bits per heavy atom. The molecule has 0 aliphatic carbocycles. The molecule has 1 aliphatic rings. The minimum Gasteiger partial charge on any atom is -0.440 e. The number of halogens is 1. The fraction of sp³-hybridized carbons (Fsp3) is 0.130. The van der Waals surface area contributed by atoms with Gasteiger partial charge in [0, 0.05) is 16.2 Å². The molecule has 2 heterocycles. The number of rotatable bonds is 3. The first kappa shape index (κ1) is 19.0. The summed E-state index contributed by atoms with van der Waals surface area (Å²) in [5.41, 5.74) is 9.12. The summed E-state index contributed by atoms with van der Waals surface area (Å²) in [5, 5.41) is 9.74. The zero-order valence-electron chi connectivity index (χ0n) is 15.7. The molecule has 0 unspecified atom stereocenters. The van der Waals surface area contributed by atoms with E-state index in [4.69, 9.17) is 10.5 Å². The number of benzene rings is 2. The second kappa shape index (κ2) is 7.61. The predicted octanol–water partition coefficient (Wildman–Crippen LogP) is 4.19. The van der Waals surface area contributed by atoms with Crippen LogP contribution in [0.25, 0.3) is 0 Å². The number of hydrogen-bond donors (Lipinski definition) is 1. The van der Waals surface area contributed by atoms with Gasteiger partial charge in [0.2, 0.25) is 5.88 Å². The van der Waals surface area contributed by atoms with E-state index in [-0.39, 0.29) is 17.0 Å². The number of aromatic nitrogens is 1. The molecule has 3 aromatic rings. The van der Waals surface area contributed by atoms with Crippen molar-refractivity contribution in [2.24, 2.45) is 5.73 Å². The SMILES string of the molecule is Cc1cc2c(c(=O)n1Cc1ccccc1)[C@@H](c1ccc(Br)cc1)C(C#N)=C(N)O2. The van der Waals surface area contributed by atoms with Crippen LogP contribution in [0, 0.1) is 18.3 Å². The van der Waals surface area contributed by atoms with E-state index in [9.17, 15) is 10.1 Å². The molecule has 0 radical (unpaired) electrons. The highest BCUT2D eigenvalue weighted by atomic mass is 79.9. The van der Waals surface area contributed by atoms with E-state index >= 15 is 0 Å². The highest BCUT2D eigenvalue weighted by Crippen LogP contribution is 2.40. The van der Waals surface area contributed by atoms with Crippen molar-refractivity contribution >= 4 is 15.9 Å². The van der Waals surface area contributed by atoms with Crippen LogP contribution in [0.5, 0.6) is 5.75 Å². The van der Waals surface area contributed by atoms with Crippen molar-refractivity contribution < 1.29 is 4.74 Å². The quantitative estimate of drug-likeness (QED) is 0.652. The topological polar surface area (TPSA) is 81.0 Å². The maximum absolute atomic E-state index is 13.6. The van der Waals surface area contributed by atoms with Gasteiger partial charge in [-0.2, -0.15) is 5.26 Å². The van der Waals surface area contributed by atoms with Crippen molar-refractivity contribution in [1.82, 2.24) is 4.57 Å². The Labute approximate surface area is 176 Å². The van der Waals surface area contributed by atoms with Crippen molar-refractivity contribution in [1.29, 1.82) is 5.26 Å². The molecular weight excluding hydrogens is 430 g/mol. The van der Waals surface area contributed by atoms with E-state index in [0.717, 1.165) is 21.3 Å². The van der Waals surface area contributed by atoms with Crippen LogP contribution in [0.3, 0.4) is 0 Å². The van der Waals surface area contributed by atoms with Crippen LogP contribution in [0.4, 0.5) is 0 Å². The van der Waals surface area contributed by atoms with Gasteiger partial charge in [-0.15, -0.1) is 0 Å². The molecule has 4 rings (SSSR count). The molecule has 2 aromatic carbocycles. The van der Waals surface area contributed by atoms with E-state index in [2.05, 4.69) is 22.0 Å². The van der Waals surface area contributed by atoms with Crippen molar-refractivity contribution in [2.45, 2.75) is 19.4 Å². The molecular formula is C23H18BrN3O2. The van der Waals surface area contributed by atoms with Gasteiger partial charge in [-0.05, 0) is 30.2 Å². The highest BCUT2D eigenvalue weighted by Gasteiger charge is 2.34. The summed E-state index contributed by atoms with van der Waals surface area (Å²) in [4.78, 5) is 13.6. The van der Waals surface area contributed by atoms with Crippen molar-refractivity contribution in [3.8, 4) is 11.8 Å². The molecule has 0 fully saturated rings. The van der Waals surface area contributed by atoms with Gasteiger partial charge in [-0.25, -0.2) is 0 Å². The third kappa shape index (κ3) is 3.45.